The minimum Gasteiger partial charge on any atom is -0.478 e. The highest BCUT2D eigenvalue weighted by Crippen LogP contribution is 2.36. The predicted molar refractivity (Wildman–Crippen MR) is 96.1 cm³/mol. The molecule has 0 aliphatic carbocycles. The molecule has 0 bridgehead atoms. The maximum absolute atomic E-state index is 13.9. The molecular formula is C18H11ClFNO3S. The fourth-order valence-corrected chi connectivity index (χ4v) is 3.57. The van der Waals surface area contributed by atoms with E-state index in [1.807, 2.05) is 30.3 Å². The lowest BCUT2D eigenvalue weighted by Crippen LogP contribution is -2.15. The van der Waals surface area contributed by atoms with Crippen molar-refractivity contribution in [2.75, 3.05) is 5.32 Å². The molecule has 1 aromatic heterocycles. The number of anilines is 1. The normalized spacial score (nSPS) is 10.5. The molecule has 0 aliphatic heterocycles. The van der Waals surface area contributed by atoms with Crippen LogP contribution in [-0.2, 0) is 0 Å². The number of carboxylic acids is 1. The first-order valence-corrected chi connectivity index (χ1v) is 8.34. The van der Waals surface area contributed by atoms with Crippen LogP contribution in [0.2, 0.25) is 5.02 Å². The average molecular weight is 376 g/mol. The third-order valence-electron chi connectivity index (χ3n) is 3.44. The number of carbonyl (C=O) groups excluding carboxylic acids is 1. The Morgan fingerprint density at radius 3 is 2.44 bits per heavy atom. The second kappa shape index (κ2) is 7.04. The van der Waals surface area contributed by atoms with Gasteiger partial charge in [0.25, 0.3) is 5.91 Å². The topological polar surface area (TPSA) is 66.4 Å². The van der Waals surface area contributed by atoms with Crippen LogP contribution < -0.4 is 5.32 Å². The molecule has 0 spiro atoms. The van der Waals surface area contributed by atoms with Gasteiger partial charge in [0, 0.05) is 4.88 Å². The molecule has 25 heavy (non-hydrogen) atoms. The summed E-state index contributed by atoms with van der Waals surface area (Å²) in [5.41, 5.74) is 0.430. The molecule has 1 amide bonds. The maximum atomic E-state index is 13.9. The molecule has 0 radical (unpaired) electrons. The highest BCUT2D eigenvalue weighted by Gasteiger charge is 2.21. The van der Waals surface area contributed by atoms with Crippen molar-refractivity contribution in [2.45, 2.75) is 0 Å². The van der Waals surface area contributed by atoms with E-state index >= 15 is 0 Å². The fraction of sp³-hybridized carbons (Fsp3) is 0. The Morgan fingerprint density at radius 1 is 1.08 bits per heavy atom. The third-order valence-corrected chi connectivity index (χ3v) is 4.85. The molecule has 3 aromatic rings. The van der Waals surface area contributed by atoms with Crippen molar-refractivity contribution < 1.29 is 19.1 Å². The number of rotatable bonds is 4. The van der Waals surface area contributed by atoms with Gasteiger partial charge in [-0.2, -0.15) is 0 Å². The molecule has 2 N–H and O–H groups in total. The largest absolute Gasteiger partial charge is 0.478 e. The first-order valence-electron chi connectivity index (χ1n) is 7.15. The molecule has 0 saturated heterocycles. The highest BCUT2D eigenvalue weighted by atomic mass is 35.5. The Hall–Kier alpha value is -2.70. The highest BCUT2D eigenvalue weighted by molar-refractivity contribution is 7.20. The number of hydrogen-bond donors (Lipinski definition) is 2. The van der Waals surface area contributed by atoms with Crippen LogP contribution >= 0.6 is 22.9 Å². The van der Waals surface area contributed by atoms with Crippen molar-refractivity contribution in [3.8, 4) is 10.4 Å². The van der Waals surface area contributed by atoms with E-state index in [4.69, 9.17) is 11.6 Å². The zero-order valence-electron chi connectivity index (χ0n) is 12.6. The number of benzene rings is 2. The van der Waals surface area contributed by atoms with Crippen molar-refractivity contribution in [1.82, 2.24) is 0 Å². The molecule has 126 valence electrons. The molecule has 0 aliphatic rings. The van der Waals surface area contributed by atoms with Crippen molar-refractivity contribution in [3.63, 3.8) is 0 Å². The summed E-state index contributed by atoms with van der Waals surface area (Å²) in [6.07, 6.45) is 0. The van der Waals surface area contributed by atoms with E-state index in [1.165, 1.54) is 18.2 Å². The van der Waals surface area contributed by atoms with Gasteiger partial charge in [0.15, 0.2) is 0 Å². The number of amides is 1. The number of hydrogen-bond acceptors (Lipinski definition) is 3. The number of carboxylic acid groups (broad SMARTS) is 1. The van der Waals surface area contributed by atoms with Gasteiger partial charge >= 0.3 is 5.97 Å². The summed E-state index contributed by atoms with van der Waals surface area (Å²) in [4.78, 5) is 24.5. The lowest BCUT2D eigenvalue weighted by molar-refractivity contribution is 0.0698. The monoisotopic (exact) mass is 375 g/mol. The summed E-state index contributed by atoms with van der Waals surface area (Å²) >= 11 is 6.98. The molecule has 2 aromatic carbocycles. The Kier molecular flexibility index (Phi) is 4.83. The fourth-order valence-electron chi connectivity index (χ4n) is 2.27. The standard InChI is InChI=1S/C18H11ClFNO3S/c19-12-7-4-8-13(20)15(12)16(22)21-17-11(18(23)24)9-14(25-17)10-5-2-1-3-6-10/h1-9H,(H,21,22)(H,23,24). The number of carbonyl (C=O) groups is 2. The molecule has 3 rings (SSSR count). The van der Waals surface area contributed by atoms with Crippen molar-refractivity contribution in [1.29, 1.82) is 0 Å². The van der Waals surface area contributed by atoms with E-state index in [1.54, 1.807) is 0 Å². The lowest BCUT2D eigenvalue weighted by atomic mass is 10.1. The second-order valence-corrected chi connectivity index (χ2v) is 6.53. The van der Waals surface area contributed by atoms with E-state index in [-0.39, 0.29) is 21.2 Å². The van der Waals surface area contributed by atoms with Gasteiger partial charge in [-0.1, -0.05) is 48.0 Å². The van der Waals surface area contributed by atoms with Crippen LogP contribution in [0.5, 0.6) is 0 Å². The zero-order chi connectivity index (χ0) is 18.0. The van der Waals surface area contributed by atoms with Gasteiger partial charge < -0.3 is 10.4 Å². The van der Waals surface area contributed by atoms with Crippen molar-refractivity contribution in [2.24, 2.45) is 0 Å². The molecule has 0 saturated carbocycles. The number of aromatic carboxylic acids is 1. The number of thiophene rings is 1. The minimum atomic E-state index is -1.19. The Bertz CT molecular complexity index is 936. The summed E-state index contributed by atoms with van der Waals surface area (Å²) < 4.78 is 13.9. The SMILES string of the molecule is O=C(O)c1cc(-c2ccccc2)sc1NC(=O)c1c(F)cccc1Cl. The minimum absolute atomic E-state index is 0.0470. The Balaban J connectivity index is 1.98. The molecule has 0 atom stereocenters. The van der Waals surface area contributed by atoms with Gasteiger partial charge in [0.1, 0.15) is 10.8 Å². The second-order valence-electron chi connectivity index (χ2n) is 5.08. The first-order chi connectivity index (χ1) is 12.0. The zero-order valence-corrected chi connectivity index (χ0v) is 14.2. The van der Waals surface area contributed by atoms with Crippen LogP contribution in [0.15, 0.2) is 54.6 Å². The molecular weight excluding hydrogens is 365 g/mol. The predicted octanol–water partition coefficient (Wildman–Crippen LogP) is 5.16. The van der Waals surface area contributed by atoms with Crippen LogP contribution in [0.3, 0.4) is 0 Å². The summed E-state index contributed by atoms with van der Waals surface area (Å²) in [5, 5.41) is 11.9. The van der Waals surface area contributed by atoms with E-state index in [0.29, 0.717) is 4.88 Å². The molecule has 0 fully saturated rings. The van der Waals surface area contributed by atoms with Gasteiger partial charge in [0.2, 0.25) is 0 Å². The average Bonchev–Trinajstić information content (AvgIpc) is 2.99. The Morgan fingerprint density at radius 2 is 1.80 bits per heavy atom. The number of halogens is 2. The van der Waals surface area contributed by atoms with Crippen LogP contribution in [0.4, 0.5) is 9.39 Å². The van der Waals surface area contributed by atoms with E-state index < -0.39 is 17.7 Å². The van der Waals surface area contributed by atoms with Crippen molar-refractivity contribution >= 4 is 39.8 Å². The lowest BCUT2D eigenvalue weighted by Gasteiger charge is -2.07. The summed E-state index contributed by atoms with van der Waals surface area (Å²) in [6.45, 7) is 0. The quantitative estimate of drug-likeness (QED) is 0.662. The van der Waals surface area contributed by atoms with E-state index in [2.05, 4.69) is 5.32 Å². The summed E-state index contributed by atoms with van der Waals surface area (Å²) in [5.74, 6) is -2.76. The summed E-state index contributed by atoms with van der Waals surface area (Å²) in [7, 11) is 0. The maximum Gasteiger partial charge on any atom is 0.338 e. The molecule has 7 heteroatoms. The van der Waals surface area contributed by atoms with Gasteiger partial charge in [-0.05, 0) is 23.8 Å². The van der Waals surface area contributed by atoms with Gasteiger partial charge in [-0.15, -0.1) is 11.3 Å². The van der Waals surface area contributed by atoms with Crippen molar-refractivity contribution in [3.05, 3.63) is 76.6 Å². The third kappa shape index (κ3) is 3.55. The Labute approximate surface area is 151 Å². The van der Waals surface area contributed by atoms with Gasteiger partial charge in [-0.25, -0.2) is 9.18 Å². The summed E-state index contributed by atoms with van der Waals surface area (Å²) in [6, 6.07) is 14.5. The van der Waals surface area contributed by atoms with E-state index in [0.717, 1.165) is 23.0 Å². The van der Waals surface area contributed by atoms with E-state index in [9.17, 15) is 19.1 Å². The van der Waals surface area contributed by atoms with Crippen LogP contribution in [0.1, 0.15) is 20.7 Å². The van der Waals surface area contributed by atoms with Crippen LogP contribution in [-0.4, -0.2) is 17.0 Å². The van der Waals surface area contributed by atoms with Crippen LogP contribution in [0.25, 0.3) is 10.4 Å². The first kappa shape index (κ1) is 17.1. The number of nitrogens with one attached hydrogen (secondary N) is 1. The molecule has 0 unspecified atom stereocenters. The molecule has 1 heterocycles. The smallest absolute Gasteiger partial charge is 0.338 e. The molecule has 4 nitrogen and oxygen atoms in total. The van der Waals surface area contributed by atoms with Gasteiger partial charge in [0.05, 0.1) is 16.1 Å². The van der Waals surface area contributed by atoms with Crippen LogP contribution in [0, 0.1) is 5.82 Å². The van der Waals surface area contributed by atoms with Gasteiger partial charge in [-0.3, -0.25) is 4.79 Å².